The zero-order chi connectivity index (χ0) is 15.6. The van der Waals surface area contributed by atoms with Crippen molar-refractivity contribution in [1.82, 2.24) is 5.32 Å². The van der Waals surface area contributed by atoms with Gasteiger partial charge in [0.1, 0.15) is 0 Å². The first kappa shape index (κ1) is 19.0. The minimum Gasteiger partial charge on any atom is -0.377 e. The highest BCUT2D eigenvalue weighted by atomic mass is 16.5. The number of hydrogen-bond acceptors (Lipinski definition) is 2. The molecule has 1 saturated carbocycles. The van der Waals surface area contributed by atoms with Gasteiger partial charge in [-0.05, 0) is 51.0 Å². The van der Waals surface area contributed by atoms with Crippen LogP contribution in [0.25, 0.3) is 0 Å². The van der Waals surface area contributed by atoms with Crippen LogP contribution in [-0.2, 0) is 4.74 Å². The number of rotatable bonds is 11. The number of ether oxygens (including phenoxy) is 1. The van der Waals surface area contributed by atoms with E-state index in [-0.39, 0.29) is 5.60 Å². The van der Waals surface area contributed by atoms with Gasteiger partial charge in [-0.15, -0.1) is 0 Å². The van der Waals surface area contributed by atoms with E-state index in [0.717, 1.165) is 12.5 Å². The molecule has 2 nitrogen and oxygen atoms in total. The topological polar surface area (TPSA) is 21.3 Å². The molecule has 0 heterocycles. The molecule has 0 aromatic heterocycles. The van der Waals surface area contributed by atoms with Crippen molar-refractivity contribution in [1.29, 1.82) is 0 Å². The molecule has 1 aliphatic rings. The van der Waals surface area contributed by atoms with Gasteiger partial charge >= 0.3 is 0 Å². The van der Waals surface area contributed by atoms with Crippen molar-refractivity contribution >= 4 is 0 Å². The standard InChI is InChI=1S/C19H39NO/c1-5-7-8-9-10-11-18(20-16-6-2)19(21-4)14-12-17(3)13-15-19/h17-18,20H,5-16H2,1-4H3. The molecule has 126 valence electrons. The van der Waals surface area contributed by atoms with Gasteiger partial charge in [0, 0.05) is 13.2 Å². The largest absolute Gasteiger partial charge is 0.377 e. The van der Waals surface area contributed by atoms with Crippen molar-refractivity contribution in [3.63, 3.8) is 0 Å². The van der Waals surface area contributed by atoms with Gasteiger partial charge in [-0.2, -0.15) is 0 Å². The second-order valence-corrected chi connectivity index (χ2v) is 7.16. The van der Waals surface area contributed by atoms with Crippen LogP contribution in [-0.4, -0.2) is 25.3 Å². The Kier molecular flexibility index (Phi) is 9.59. The number of unbranched alkanes of at least 4 members (excludes halogenated alkanes) is 4. The maximum Gasteiger partial charge on any atom is 0.0831 e. The van der Waals surface area contributed by atoms with E-state index in [1.807, 2.05) is 7.11 Å². The van der Waals surface area contributed by atoms with Crippen molar-refractivity contribution in [2.45, 2.75) is 103 Å². The molecule has 21 heavy (non-hydrogen) atoms. The molecule has 0 saturated heterocycles. The van der Waals surface area contributed by atoms with Gasteiger partial charge in [0.2, 0.25) is 0 Å². The van der Waals surface area contributed by atoms with Crippen LogP contribution in [0.2, 0.25) is 0 Å². The molecule has 0 radical (unpaired) electrons. The van der Waals surface area contributed by atoms with Crippen molar-refractivity contribution in [3.05, 3.63) is 0 Å². The molecule has 0 aromatic rings. The summed E-state index contributed by atoms with van der Waals surface area (Å²) < 4.78 is 6.10. The summed E-state index contributed by atoms with van der Waals surface area (Å²) in [6.07, 6.45) is 14.5. The van der Waals surface area contributed by atoms with E-state index >= 15 is 0 Å². The van der Waals surface area contributed by atoms with E-state index in [9.17, 15) is 0 Å². The molecule has 1 unspecified atom stereocenters. The number of methoxy groups -OCH3 is 1. The van der Waals surface area contributed by atoms with E-state index in [1.165, 1.54) is 70.6 Å². The predicted molar refractivity (Wildman–Crippen MR) is 92.8 cm³/mol. The van der Waals surface area contributed by atoms with Gasteiger partial charge in [0.25, 0.3) is 0 Å². The first-order valence-corrected chi connectivity index (χ1v) is 9.47. The normalized spacial score (nSPS) is 27.7. The average molecular weight is 298 g/mol. The molecule has 1 atom stereocenters. The average Bonchev–Trinajstić information content (AvgIpc) is 2.51. The zero-order valence-corrected chi connectivity index (χ0v) is 15.0. The Labute approximate surface area is 133 Å². The first-order chi connectivity index (χ1) is 10.2. The summed E-state index contributed by atoms with van der Waals surface area (Å²) in [7, 11) is 1.94. The van der Waals surface area contributed by atoms with Gasteiger partial charge in [0.15, 0.2) is 0 Å². The molecule has 1 rings (SSSR count). The minimum absolute atomic E-state index is 0.104. The van der Waals surface area contributed by atoms with Gasteiger partial charge in [-0.25, -0.2) is 0 Å². The fourth-order valence-corrected chi connectivity index (χ4v) is 3.77. The molecule has 1 fully saturated rings. The summed E-state index contributed by atoms with van der Waals surface area (Å²) in [5.74, 6) is 0.879. The highest BCUT2D eigenvalue weighted by Gasteiger charge is 2.40. The Balaban J connectivity index is 2.52. The lowest BCUT2D eigenvalue weighted by Gasteiger charge is -2.44. The van der Waals surface area contributed by atoms with Gasteiger partial charge in [0.05, 0.1) is 5.60 Å². The third kappa shape index (κ3) is 6.28. The third-order valence-corrected chi connectivity index (χ3v) is 5.40. The van der Waals surface area contributed by atoms with Crippen LogP contribution >= 0.6 is 0 Å². The molecule has 0 amide bonds. The summed E-state index contributed by atoms with van der Waals surface area (Å²) >= 11 is 0. The molecule has 0 aliphatic heterocycles. The predicted octanol–water partition coefficient (Wildman–Crippen LogP) is 5.31. The summed E-state index contributed by atoms with van der Waals surface area (Å²) in [6.45, 7) is 8.06. The van der Waals surface area contributed by atoms with E-state index in [1.54, 1.807) is 0 Å². The maximum absolute atomic E-state index is 6.10. The van der Waals surface area contributed by atoms with Crippen LogP contribution in [0.15, 0.2) is 0 Å². The second kappa shape index (κ2) is 10.6. The van der Waals surface area contributed by atoms with Crippen molar-refractivity contribution < 1.29 is 4.74 Å². The molecule has 0 aromatic carbocycles. The maximum atomic E-state index is 6.10. The Morgan fingerprint density at radius 3 is 2.29 bits per heavy atom. The van der Waals surface area contributed by atoms with Crippen LogP contribution in [0.3, 0.4) is 0 Å². The molecule has 0 spiro atoms. The molecule has 0 bridgehead atoms. The summed E-state index contributed by atoms with van der Waals surface area (Å²) in [5.41, 5.74) is 0.104. The van der Waals surface area contributed by atoms with Crippen molar-refractivity contribution in [2.75, 3.05) is 13.7 Å². The highest BCUT2D eigenvalue weighted by Crippen LogP contribution is 2.38. The quantitative estimate of drug-likeness (QED) is 0.522. The smallest absolute Gasteiger partial charge is 0.0831 e. The minimum atomic E-state index is 0.104. The van der Waals surface area contributed by atoms with E-state index in [2.05, 4.69) is 26.1 Å². The second-order valence-electron chi connectivity index (χ2n) is 7.16. The third-order valence-electron chi connectivity index (χ3n) is 5.40. The number of nitrogens with one attached hydrogen (secondary N) is 1. The fourth-order valence-electron chi connectivity index (χ4n) is 3.77. The molecule has 2 heteroatoms. The van der Waals surface area contributed by atoms with Crippen LogP contribution < -0.4 is 5.32 Å². The lowest BCUT2D eigenvalue weighted by atomic mass is 9.74. The lowest BCUT2D eigenvalue weighted by molar-refractivity contribution is -0.0768. The lowest BCUT2D eigenvalue weighted by Crippen LogP contribution is -2.54. The summed E-state index contributed by atoms with van der Waals surface area (Å²) in [5, 5.41) is 3.81. The molecular weight excluding hydrogens is 258 g/mol. The monoisotopic (exact) mass is 297 g/mol. The van der Waals surface area contributed by atoms with Crippen LogP contribution in [0.4, 0.5) is 0 Å². The van der Waals surface area contributed by atoms with Gasteiger partial charge < -0.3 is 10.1 Å². The zero-order valence-electron chi connectivity index (χ0n) is 15.0. The Morgan fingerprint density at radius 1 is 1.05 bits per heavy atom. The van der Waals surface area contributed by atoms with E-state index < -0.39 is 0 Å². The summed E-state index contributed by atoms with van der Waals surface area (Å²) in [6, 6.07) is 0.552. The van der Waals surface area contributed by atoms with E-state index in [0.29, 0.717) is 6.04 Å². The Hall–Kier alpha value is -0.0800. The van der Waals surface area contributed by atoms with Crippen LogP contribution in [0, 0.1) is 5.92 Å². The fraction of sp³-hybridized carbons (Fsp3) is 1.00. The Bertz CT molecular complexity index is 246. The van der Waals surface area contributed by atoms with Gasteiger partial charge in [-0.1, -0.05) is 52.9 Å². The molecular formula is C19H39NO. The molecule has 1 aliphatic carbocycles. The van der Waals surface area contributed by atoms with Crippen molar-refractivity contribution in [3.8, 4) is 0 Å². The van der Waals surface area contributed by atoms with Crippen LogP contribution in [0.5, 0.6) is 0 Å². The highest BCUT2D eigenvalue weighted by molar-refractivity contribution is 4.96. The molecule has 1 N–H and O–H groups in total. The van der Waals surface area contributed by atoms with Crippen molar-refractivity contribution in [2.24, 2.45) is 5.92 Å². The summed E-state index contributed by atoms with van der Waals surface area (Å²) in [4.78, 5) is 0. The van der Waals surface area contributed by atoms with Gasteiger partial charge in [-0.3, -0.25) is 0 Å². The van der Waals surface area contributed by atoms with Crippen LogP contribution in [0.1, 0.15) is 91.4 Å². The van der Waals surface area contributed by atoms with E-state index in [4.69, 9.17) is 4.74 Å². The number of hydrogen-bond donors (Lipinski definition) is 1. The SMILES string of the molecule is CCCCCCCC(NCCC)C1(OC)CCC(C)CC1. The Morgan fingerprint density at radius 2 is 1.71 bits per heavy atom. The first-order valence-electron chi connectivity index (χ1n) is 9.47.